The topological polar surface area (TPSA) is 88.2 Å². The van der Waals surface area contributed by atoms with Gasteiger partial charge in [-0.25, -0.2) is 4.98 Å². The molecular formula is C8H13N3O2S. The molecule has 0 radical (unpaired) electrons. The lowest BCUT2D eigenvalue weighted by molar-refractivity contribution is -0.121. The van der Waals surface area contributed by atoms with Crippen molar-refractivity contribution in [3.8, 4) is 0 Å². The monoisotopic (exact) mass is 215 g/mol. The van der Waals surface area contributed by atoms with Gasteiger partial charge in [0.05, 0.1) is 18.7 Å². The summed E-state index contributed by atoms with van der Waals surface area (Å²) in [5, 5.41) is 13.5. The van der Waals surface area contributed by atoms with Crippen molar-refractivity contribution in [1.29, 1.82) is 0 Å². The molecule has 0 saturated carbocycles. The summed E-state index contributed by atoms with van der Waals surface area (Å²) in [6, 6.07) is -0.224. The molecule has 0 unspecified atom stereocenters. The third-order valence-corrected chi connectivity index (χ3v) is 2.32. The largest absolute Gasteiger partial charge is 0.394 e. The highest BCUT2D eigenvalue weighted by atomic mass is 32.1. The Bertz CT molecular complexity index is 313. The molecule has 0 spiro atoms. The van der Waals surface area contributed by atoms with Gasteiger partial charge in [0.15, 0.2) is 5.13 Å². The van der Waals surface area contributed by atoms with Crippen molar-refractivity contribution in [3.05, 3.63) is 11.1 Å². The molecule has 0 fully saturated rings. The first kappa shape index (κ1) is 10.9. The molecule has 6 heteroatoms. The minimum absolute atomic E-state index is 0.0645. The summed E-state index contributed by atoms with van der Waals surface area (Å²) >= 11 is 1.31. The Balaban J connectivity index is 2.41. The molecule has 5 nitrogen and oxygen atoms in total. The summed E-state index contributed by atoms with van der Waals surface area (Å²) in [5.74, 6) is -0.156. The van der Waals surface area contributed by atoms with Crippen LogP contribution in [0.25, 0.3) is 0 Å². The molecule has 1 amide bonds. The molecule has 0 aliphatic rings. The number of carbonyl (C=O) groups excluding carboxylic acids is 1. The highest BCUT2D eigenvalue weighted by Gasteiger charge is 2.08. The molecule has 78 valence electrons. The summed E-state index contributed by atoms with van der Waals surface area (Å²) in [4.78, 5) is 15.2. The van der Waals surface area contributed by atoms with E-state index in [4.69, 9.17) is 10.8 Å². The van der Waals surface area contributed by atoms with E-state index in [-0.39, 0.29) is 25.0 Å². The molecule has 0 bridgehead atoms. The number of hydrogen-bond acceptors (Lipinski definition) is 5. The SMILES string of the molecule is C[C@@H](CO)NC(=O)Cc1csc(N)n1. The lowest BCUT2D eigenvalue weighted by atomic mass is 10.3. The third kappa shape index (κ3) is 3.31. The Morgan fingerprint density at radius 1 is 1.86 bits per heavy atom. The molecule has 1 rings (SSSR count). The Morgan fingerprint density at radius 2 is 2.57 bits per heavy atom. The van der Waals surface area contributed by atoms with Crippen LogP contribution in [0.5, 0.6) is 0 Å². The normalized spacial score (nSPS) is 12.4. The van der Waals surface area contributed by atoms with Crippen LogP contribution < -0.4 is 11.1 Å². The third-order valence-electron chi connectivity index (χ3n) is 1.59. The number of nitrogen functional groups attached to an aromatic ring is 1. The Morgan fingerprint density at radius 3 is 3.07 bits per heavy atom. The van der Waals surface area contributed by atoms with E-state index in [2.05, 4.69) is 10.3 Å². The van der Waals surface area contributed by atoms with Gasteiger partial charge in [-0.05, 0) is 6.92 Å². The minimum atomic E-state index is -0.224. The lowest BCUT2D eigenvalue weighted by Gasteiger charge is -2.09. The molecule has 1 heterocycles. The number of amides is 1. The highest BCUT2D eigenvalue weighted by Crippen LogP contribution is 2.11. The lowest BCUT2D eigenvalue weighted by Crippen LogP contribution is -2.36. The van der Waals surface area contributed by atoms with Gasteiger partial charge in [0.1, 0.15) is 0 Å². The van der Waals surface area contributed by atoms with Crippen molar-refractivity contribution in [3.63, 3.8) is 0 Å². The van der Waals surface area contributed by atoms with E-state index in [1.54, 1.807) is 12.3 Å². The van der Waals surface area contributed by atoms with Gasteiger partial charge in [-0.1, -0.05) is 0 Å². The van der Waals surface area contributed by atoms with Crippen LogP contribution in [0.3, 0.4) is 0 Å². The second-order valence-corrected chi connectivity index (χ2v) is 3.89. The van der Waals surface area contributed by atoms with E-state index in [1.807, 2.05) is 0 Å². The zero-order valence-electron chi connectivity index (χ0n) is 7.86. The van der Waals surface area contributed by atoms with Gasteiger partial charge in [-0.2, -0.15) is 0 Å². The number of thiazole rings is 1. The molecule has 14 heavy (non-hydrogen) atoms. The number of rotatable bonds is 4. The average Bonchev–Trinajstić information content (AvgIpc) is 2.50. The van der Waals surface area contributed by atoms with E-state index >= 15 is 0 Å². The fourth-order valence-electron chi connectivity index (χ4n) is 0.940. The van der Waals surface area contributed by atoms with Gasteiger partial charge in [0.2, 0.25) is 5.91 Å². The van der Waals surface area contributed by atoms with Crippen LogP contribution in [0, 0.1) is 0 Å². The first-order valence-electron chi connectivity index (χ1n) is 4.22. The summed E-state index contributed by atoms with van der Waals surface area (Å²) < 4.78 is 0. The standard InChI is InChI=1S/C8H13N3O2S/c1-5(3-12)10-7(13)2-6-4-14-8(9)11-6/h4-5,12H,2-3H2,1H3,(H2,9,11)(H,10,13)/t5-/m0/s1. The quantitative estimate of drug-likeness (QED) is 0.647. The second kappa shape index (κ2) is 4.92. The Hall–Kier alpha value is -1.14. The maximum absolute atomic E-state index is 11.3. The maximum Gasteiger partial charge on any atom is 0.226 e. The molecule has 1 atom stereocenters. The van der Waals surface area contributed by atoms with Gasteiger partial charge in [-0.3, -0.25) is 4.79 Å². The molecule has 0 aliphatic carbocycles. The zero-order chi connectivity index (χ0) is 10.6. The van der Waals surface area contributed by atoms with Crippen LogP contribution >= 0.6 is 11.3 Å². The van der Waals surface area contributed by atoms with Gasteiger partial charge < -0.3 is 16.2 Å². The number of aromatic nitrogens is 1. The van der Waals surface area contributed by atoms with Crippen molar-refractivity contribution < 1.29 is 9.90 Å². The first-order chi connectivity index (χ1) is 6.61. The van der Waals surface area contributed by atoms with Crippen molar-refractivity contribution in [2.24, 2.45) is 0 Å². The fraction of sp³-hybridized carbons (Fsp3) is 0.500. The van der Waals surface area contributed by atoms with E-state index in [0.717, 1.165) is 0 Å². The number of anilines is 1. The number of hydrogen-bond donors (Lipinski definition) is 3. The van der Waals surface area contributed by atoms with Crippen LogP contribution in [-0.4, -0.2) is 28.6 Å². The predicted molar refractivity (Wildman–Crippen MR) is 54.9 cm³/mol. The van der Waals surface area contributed by atoms with Crippen LogP contribution in [0.15, 0.2) is 5.38 Å². The fourth-order valence-corrected chi connectivity index (χ4v) is 1.50. The molecule has 1 aromatic rings. The van der Waals surface area contributed by atoms with E-state index in [1.165, 1.54) is 11.3 Å². The van der Waals surface area contributed by atoms with Gasteiger partial charge >= 0.3 is 0 Å². The Labute approximate surface area is 86.0 Å². The van der Waals surface area contributed by atoms with Crippen LogP contribution in [0.4, 0.5) is 5.13 Å². The number of aliphatic hydroxyl groups excluding tert-OH is 1. The van der Waals surface area contributed by atoms with Crippen LogP contribution in [-0.2, 0) is 11.2 Å². The molecule has 0 saturated heterocycles. The number of carbonyl (C=O) groups is 1. The van der Waals surface area contributed by atoms with E-state index in [0.29, 0.717) is 10.8 Å². The highest BCUT2D eigenvalue weighted by molar-refractivity contribution is 7.13. The molecule has 0 aliphatic heterocycles. The predicted octanol–water partition coefficient (Wildman–Crippen LogP) is -0.235. The van der Waals surface area contributed by atoms with Crippen molar-refractivity contribution in [1.82, 2.24) is 10.3 Å². The van der Waals surface area contributed by atoms with Gasteiger partial charge in [0.25, 0.3) is 0 Å². The molecule has 0 aromatic carbocycles. The summed E-state index contributed by atoms with van der Waals surface area (Å²) in [5.41, 5.74) is 6.08. The zero-order valence-corrected chi connectivity index (χ0v) is 8.67. The van der Waals surface area contributed by atoms with Crippen molar-refractivity contribution >= 4 is 22.4 Å². The van der Waals surface area contributed by atoms with Gasteiger partial charge in [-0.15, -0.1) is 11.3 Å². The first-order valence-corrected chi connectivity index (χ1v) is 5.10. The molecule has 4 N–H and O–H groups in total. The average molecular weight is 215 g/mol. The number of nitrogens with zero attached hydrogens (tertiary/aromatic N) is 1. The van der Waals surface area contributed by atoms with Gasteiger partial charge in [0, 0.05) is 11.4 Å². The minimum Gasteiger partial charge on any atom is -0.394 e. The summed E-state index contributed by atoms with van der Waals surface area (Å²) in [7, 11) is 0. The van der Waals surface area contributed by atoms with E-state index < -0.39 is 0 Å². The van der Waals surface area contributed by atoms with Crippen LogP contribution in [0.1, 0.15) is 12.6 Å². The van der Waals surface area contributed by atoms with Crippen molar-refractivity contribution in [2.45, 2.75) is 19.4 Å². The summed E-state index contributed by atoms with van der Waals surface area (Å²) in [6.45, 7) is 1.66. The van der Waals surface area contributed by atoms with Crippen LogP contribution in [0.2, 0.25) is 0 Å². The molecule has 1 aromatic heterocycles. The summed E-state index contributed by atoms with van der Waals surface area (Å²) in [6.07, 6.45) is 0.206. The Kier molecular flexibility index (Phi) is 3.84. The smallest absolute Gasteiger partial charge is 0.226 e. The molecular weight excluding hydrogens is 202 g/mol. The number of nitrogens with one attached hydrogen (secondary N) is 1. The maximum atomic E-state index is 11.3. The second-order valence-electron chi connectivity index (χ2n) is 3.00. The number of aliphatic hydroxyl groups is 1. The van der Waals surface area contributed by atoms with Crippen molar-refractivity contribution in [2.75, 3.05) is 12.3 Å². The van der Waals surface area contributed by atoms with E-state index in [9.17, 15) is 4.79 Å². The number of nitrogens with two attached hydrogens (primary N) is 1.